The van der Waals surface area contributed by atoms with E-state index in [2.05, 4.69) is 35.9 Å². The van der Waals surface area contributed by atoms with E-state index in [-0.39, 0.29) is 0 Å². The monoisotopic (exact) mass is 414 g/mol. The molecule has 0 radical (unpaired) electrons. The molecule has 2 heterocycles. The number of phenolic OH excluding ortho intramolecular Hbond substituents is 1. The van der Waals surface area contributed by atoms with Gasteiger partial charge in [0.25, 0.3) is 0 Å². The van der Waals surface area contributed by atoms with Crippen molar-refractivity contribution < 1.29 is 9.63 Å². The number of hydrogen-bond donors (Lipinski definition) is 1. The van der Waals surface area contributed by atoms with Crippen molar-refractivity contribution in [3.63, 3.8) is 0 Å². The fourth-order valence-electron chi connectivity index (χ4n) is 3.08. The molecule has 1 aliphatic rings. The minimum Gasteiger partial charge on any atom is -0.508 e. The molecule has 1 N–H and O–H groups in total. The number of benzene rings is 2. The molecule has 1 fully saturated rings. The number of phenols is 1. The molecule has 1 saturated heterocycles. The maximum Gasteiger partial charge on any atom is 0.241 e. The molecule has 26 heavy (non-hydrogen) atoms. The highest BCUT2D eigenvalue weighted by Crippen LogP contribution is 2.22. The zero-order chi connectivity index (χ0) is 17.9. The van der Waals surface area contributed by atoms with Crippen LogP contribution in [0.15, 0.2) is 57.5 Å². The van der Waals surface area contributed by atoms with Gasteiger partial charge in [-0.1, -0.05) is 33.2 Å². The summed E-state index contributed by atoms with van der Waals surface area (Å²) in [6, 6.07) is 15.2. The van der Waals surface area contributed by atoms with Crippen molar-refractivity contribution in [2.45, 2.75) is 6.54 Å². The van der Waals surface area contributed by atoms with E-state index in [1.807, 2.05) is 36.4 Å². The summed E-state index contributed by atoms with van der Waals surface area (Å²) in [5, 5.41) is 13.5. The Balaban J connectivity index is 1.35. The van der Waals surface area contributed by atoms with Crippen LogP contribution >= 0.6 is 15.9 Å². The first kappa shape index (κ1) is 17.1. The van der Waals surface area contributed by atoms with Crippen molar-refractivity contribution >= 4 is 21.6 Å². The standard InChI is InChI=1S/C19H19BrN4O2/c20-15-3-1-2-14(12-15)19-21-18(26-22-19)13-23-8-10-24(11-9-23)16-4-6-17(25)7-5-16/h1-7,12,25H,8-11,13H2. The van der Waals surface area contributed by atoms with Gasteiger partial charge in [0, 0.05) is 41.9 Å². The molecule has 1 aliphatic heterocycles. The Morgan fingerprint density at radius 3 is 2.54 bits per heavy atom. The van der Waals surface area contributed by atoms with Gasteiger partial charge in [0.15, 0.2) is 0 Å². The average molecular weight is 415 g/mol. The molecule has 0 saturated carbocycles. The topological polar surface area (TPSA) is 65.6 Å². The Kier molecular flexibility index (Phi) is 4.90. The lowest BCUT2D eigenvalue weighted by atomic mass is 10.2. The molecule has 6 nitrogen and oxygen atoms in total. The van der Waals surface area contributed by atoms with Crippen molar-refractivity contribution in [1.29, 1.82) is 0 Å². The van der Waals surface area contributed by atoms with Gasteiger partial charge in [-0.2, -0.15) is 4.98 Å². The van der Waals surface area contributed by atoms with Crippen LogP contribution in [0, 0.1) is 0 Å². The smallest absolute Gasteiger partial charge is 0.241 e. The van der Waals surface area contributed by atoms with Crippen LogP contribution in [-0.4, -0.2) is 46.3 Å². The average Bonchev–Trinajstić information content (AvgIpc) is 3.12. The van der Waals surface area contributed by atoms with Gasteiger partial charge >= 0.3 is 0 Å². The molecule has 0 amide bonds. The molecule has 0 unspecified atom stereocenters. The molecule has 0 aliphatic carbocycles. The molecule has 0 bridgehead atoms. The maximum atomic E-state index is 9.41. The van der Waals surface area contributed by atoms with E-state index >= 15 is 0 Å². The quantitative estimate of drug-likeness (QED) is 0.704. The Bertz CT molecular complexity index is 873. The molecular weight excluding hydrogens is 396 g/mol. The predicted molar refractivity (Wildman–Crippen MR) is 103 cm³/mol. The molecular formula is C19H19BrN4O2. The van der Waals surface area contributed by atoms with Crippen molar-refractivity contribution in [2.24, 2.45) is 0 Å². The van der Waals surface area contributed by atoms with Crippen molar-refractivity contribution in [2.75, 3.05) is 31.1 Å². The lowest BCUT2D eigenvalue weighted by Gasteiger charge is -2.35. The highest BCUT2D eigenvalue weighted by atomic mass is 79.9. The van der Waals surface area contributed by atoms with Crippen LogP contribution in [0.4, 0.5) is 5.69 Å². The minimum atomic E-state index is 0.296. The zero-order valence-corrected chi connectivity index (χ0v) is 15.8. The summed E-state index contributed by atoms with van der Waals surface area (Å²) in [5.41, 5.74) is 2.07. The highest BCUT2D eigenvalue weighted by Gasteiger charge is 2.19. The molecule has 1 aromatic heterocycles. The second-order valence-corrected chi connectivity index (χ2v) is 7.22. The lowest BCUT2D eigenvalue weighted by Crippen LogP contribution is -2.46. The van der Waals surface area contributed by atoms with Crippen molar-refractivity contribution in [1.82, 2.24) is 15.0 Å². The first-order chi connectivity index (χ1) is 12.7. The summed E-state index contributed by atoms with van der Waals surface area (Å²) in [4.78, 5) is 9.15. The predicted octanol–water partition coefficient (Wildman–Crippen LogP) is 3.53. The number of hydrogen-bond acceptors (Lipinski definition) is 6. The van der Waals surface area contributed by atoms with Gasteiger partial charge in [0.1, 0.15) is 5.75 Å². The van der Waals surface area contributed by atoms with E-state index in [9.17, 15) is 5.11 Å². The van der Waals surface area contributed by atoms with Crippen LogP contribution in [-0.2, 0) is 6.54 Å². The van der Waals surface area contributed by atoms with E-state index in [1.54, 1.807) is 12.1 Å². The van der Waals surface area contributed by atoms with Crippen molar-refractivity contribution in [3.05, 3.63) is 58.9 Å². The van der Waals surface area contributed by atoms with Crippen LogP contribution in [0.25, 0.3) is 11.4 Å². The van der Waals surface area contributed by atoms with Gasteiger partial charge in [0.05, 0.1) is 6.54 Å². The van der Waals surface area contributed by atoms with E-state index in [1.165, 1.54) is 0 Å². The van der Waals surface area contributed by atoms with Gasteiger partial charge in [-0.25, -0.2) is 0 Å². The van der Waals surface area contributed by atoms with Crippen LogP contribution in [0.2, 0.25) is 0 Å². The summed E-state index contributed by atoms with van der Waals surface area (Å²) in [6.45, 7) is 4.37. The fraction of sp³-hybridized carbons (Fsp3) is 0.263. The summed E-state index contributed by atoms with van der Waals surface area (Å²) in [7, 11) is 0. The third-order valence-corrected chi connectivity index (χ3v) is 4.99. The molecule has 2 aromatic carbocycles. The van der Waals surface area contributed by atoms with E-state index in [0.29, 0.717) is 24.0 Å². The maximum absolute atomic E-state index is 9.41. The van der Waals surface area contributed by atoms with E-state index in [0.717, 1.165) is 41.9 Å². The molecule has 3 aromatic rings. The number of aromatic nitrogens is 2. The van der Waals surface area contributed by atoms with Crippen molar-refractivity contribution in [3.8, 4) is 17.1 Å². The fourth-order valence-corrected chi connectivity index (χ4v) is 3.48. The summed E-state index contributed by atoms with van der Waals surface area (Å²) in [6.07, 6.45) is 0. The SMILES string of the molecule is Oc1ccc(N2CCN(Cc3nc(-c4cccc(Br)c4)no3)CC2)cc1. The third-order valence-electron chi connectivity index (χ3n) is 4.50. The Morgan fingerprint density at radius 2 is 1.81 bits per heavy atom. The second-order valence-electron chi connectivity index (χ2n) is 6.30. The van der Waals surface area contributed by atoms with Crippen LogP contribution in [0.5, 0.6) is 5.75 Å². The number of halogens is 1. The molecule has 134 valence electrons. The minimum absolute atomic E-state index is 0.296. The van der Waals surface area contributed by atoms with E-state index in [4.69, 9.17) is 4.52 Å². The number of nitrogens with zero attached hydrogens (tertiary/aromatic N) is 4. The molecule has 0 atom stereocenters. The Labute approximate surface area is 160 Å². The van der Waals surface area contributed by atoms with Gasteiger partial charge in [-0.05, 0) is 36.4 Å². The number of rotatable bonds is 4. The highest BCUT2D eigenvalue weighted by molar-refractivity contribution is 9.10. The summed E-state index contributed by atoms with van der Waals surface area (Å²) < 4.78 is 6.42. The normalized spacial score (nSPS) is 15.3. The second kappa shape index (κ2) is 7.47. The van der Waals surface area contributed by atoms with Crippen LogP contribution in [0.3, 0.4) is 0 Å². The first-order valence-electron chi connectivity index (χ1n) is 8.52. The number of aromatic hydroxyl groups is 1. The van der Waals surface area contributed by atoms with E-state index < -0.39 is 0 Å². The summed E-state index contributed by atoms with van der Waals surface area (Å²) >= 11 is 3.46. The van der Waals surface area contributed by atoms with Gasteiger partial charge in [0.2, 0.25) is 11.7 Å². The molecule has 0 spiro atoms. The number of piperazine rings is 1. The summed E-state index contributed by atoms with van der Waals surface area (Å²) in [5.74, 6) is 1.55. The number of anilines is 1. The van der Waals surface area contributed by atoms with Crippen LogP contribution < -0.4 is 4.90 Å². The zero-order valence-electron chi connectivity index (χ0n) is 14.2. The van der Waals surface area contributed by atoms with Crippen LogP contribution in [0.1, 0.15) is 5.89 Å². The Morgan fingerprint density at radius 1 is 1.04 bits per heavy atom. The van der Waals surface area contributed by atoms with Gasteiger partial charge < -0.3 is 14.5 Å². The van der Waals surface area contributed by atoms with Gasteiger partial charge in [-0.15, -0.1) is 0 Å². The molecule has 4 rings (SSSR count). The first-order valence-corrected chi connectivity index (χ1v) is 9.31. The Hall–Kier alpha value is -2.38. The largest absolute Gasteiger partial charge is 0.508 e. The third kappa shape index (κ3) is 3.89. The molecule has 7 heteroatoms. The lowest BCUT2D eigenvalue weighted by molar-refractivity contribution is 0.215. The van der Waals surface area contributed by atoms with Gasteiger partial charge in [-0.3, -0.25) is 4.90 Å².